The smallest absolute Gasteiger partial charge is 0.120 e. The Hall–Kier alpha value is -1.02. The first-order chi connectivity index (χ1) is 6.77. The molecule has 0 spiro atoms. The topological polar surface area (TPSA) is 32.3 Å². The molecule has 0 amide bonds. The summed E-state index contributed by atoms with van der Waals surface area (Å²) in [6, 6.07) is 6.17. The molecule has 14 heavy (non-hydrogen) atoms. The number of piperidine rings is 1. The van der Waals surface area contributed by atoms with Crippen molar-refractivity contribution in [1.29, 1.82) is 0 Å². The maximum Gasteiger partial charge on any atom is 0.120 e. The van der Waals surface area contributed by atoms with Crippen molar-refractivity contribution in [3.05, 3.63) is 29.3 Å². The molecule has 1 aromatic rings. The average molecular weight is 191 g/mol. The highest BCUT2D eigenvalue weighted by Crippen LogP contribution is 2.30. The van der Waals surface area contributed by atoms with Gasteiger partial charge in [-0.15, -0.1) is 0 Å². The molecular formula is C12H17NO. The minimum atomic E-state index is 0.351. The third-order valence-electron chi connectivity index (χ3n) is 2.87. The molecule has 0 saturated carbocycles. The van der Waals surface area contributed by atoms with E-state index in [9.17, 15) is 5.11 Å². The fraction of sp³-hybridized carbons (Fsp3) is 0.500. The lowest BCUT2D eigenvalue weighted by Gasteiger charge is -2.24. The summed E-state index contributed by atoms with van der Waals surface area (Å²) in [5, 5.41) is 13.2. The molecule has 1 atom stereocenters. The van der Waals surface area contributed by atoms with E-state index in [1.807, 2.05) is 6.07 Å². The minimum Gasteiger partial charge on any atom is -0.508 e. The van der Waals surface area contributed by atoms with Crippen molar-refractivity contribution in [2.45, 2.75) is 32.2 Å². The highest BCUT2D eigenvalue weighted by Gasteiger charge is 2.17. The maximum atomic E-state index is 9.75. The standard InChI is InChI=1S/C12H17NO/c1-9-5-6-12(14)10(8-9)11-4-2-3-7-13-11/h5-6,8,11,13-14H,2-4,7H2,1H3/t11-/m1/s1. The Morgan fingerprint density at radius 2 is 2.21 bits per heavy atom. The third-order valence-corrected chi connectivity index (χ3v) is 2.87. The second-order valence-corrected chi connectivity index (χ2v) is 4.06. The number of aryl methyl sites for hydroxylation is 1. The Bertz CT molecular complexity index is 316. The normalized spacial score (nSPS) is 22.2. The molecule has 1 fully saturated rings. The number of phenolic OH excluding ortho intramolecular Hbond substituents is 1. The summed E-state index contributed by atoms with van der Waals surface area (Å²) in [5.41, 5.74) is 2.27. The van der Waals surface area contributed by atoms with Gasteiger partial charge >= 0.3 is 0 Å². The Morgan fingerprint density at radius 1 is 1.36 bits per heavy atom. The lowest BCUT2D eigenvalue weighted by Crippen LogP contribution is -2.26. The van der Waals surface area contributed by atoms with Gasteiger partial charge in [0.15, 0.2) is 0 Å². The van der Waals surface area contributed by atoms with Gasteiger partial charge in [-0.05, 0) is 32.4 Å². The average Bonchev–Trinajstić information content (AvgIpc) is 2.23. The zero-order chi connectivity index (χ0) is 9.97. The van der Waals surface area contributed by atoms with E-state index in [1.165, 1.54) is 18.4 Å². The lowest BCUT2D eigenvalue weighted by atomic mass is 9.95. The Balaban J connectivity index is 2.24. The van der Waals surface area contributed by atoms with E-state index in [0.29, 0.717) is 11.8 Å². The van der Waals surface area contributed by atoms with Crippen LogP contribution >= 0.6 is 0 Å². The molecule has 1 aliphatic heterocycles. The van der Waals surface area contributed by atoms with E-state index in [0.717, 1.165) is 18.5 Å². The van der Waals surface area contributed by atoms with Gasteiger partial charge in [-0.25, -0.2) is 0 Å². The van der Waals surface area contributed by atoms with E-state index < -0.39 is 0 Å². The van der Waals surface area contributed by atoms with Crippen LogP contribution < -0.4 is 5.32 Å². The summed E-state index contributed by atoms with van der Waals surface area (Å²) < 4.78 is 0. The van der Waals surface area contributed by atoms with Crippen LogP contribution in [0.3, 0.4) is 0 Å². The van der Waals surface area contributed by atoms with Crippen molar-refractivity contribution in [2.75, 3.05) is 6.54 Å². The van der Waals surface area contributed by atoms with Crippen LogP contribution in [0.1, 0.15) is 36.4 Å². The van der Waals surface area contributed by atoms with Crippen LogP contribution in [0, 0.1) is 6.92 Å². The number of benzene rings is 1. The predicted molar refractivity (Wildman–Crippen MR) is 57.4 cm³/mol. The summed E-state index contributed by atoms with van der Waals surface area (Å²) in [4.78, 5) is 0. The largest absolute Gasteiger partial charge is 0.508 e. The molecule has 1 saturated heterocycles. The van der Waals surface area contributed by atoms with Crippen molar-refractivity contribution >= 4 is 0 Å². The fourth-order valence-corrected chi connectivity index (χ4v) is 2.07. The number of phenols is 1. The van der Waals surface area contributed by atoms with Gasteiger partial charge in [-0.2, -0.15) is 0 Å². The van der Waals surface area contributed by atoms with Gasteiger partial charge in [-0.3, -0.25) is 0 Å². The second kappa shape index (κ2) is 4.01. The zero-order valence-electron chi connectivity index (χ0n) is 8.59. The molecule has 2 rings (SSSR count). The number of rotatable bonds is 1. The highest BCUT2D eigenvalue weighted by atomic mass is 16.3. The monoisotopic (exact) mass is 191 g/mol. The molecule has 1 aromatic carbocycles. The summed E-state index contributed by atoms with van der Waals surface area (Å²) in [5.74, 6) is 0.426. The molecule has 0 aromatic heterocycles. The zero-order valence-corrected chi connectivity index (χ0v) is 8.59. The van der Waals surface area contributed by atoms with Crippen LogP contribution in [-0.2, 0) is 0 Å². The third kappa shape index (κ3) is 1.90. The van der Waals surface area contributed by atoms with Crippen LogP contribution in [0.2, 0.25) is 0 Å². The van der Waals surface area contributed by atoms with Crippen LogP contribution in [0.5, 0.6) is 5.75 Å². The summed E-state index contributed by atoms with van der Waals surface area (Å²) in [6.45, 7) is 3.13. The van der Waals surface area contributed by atoms with Crippen molar-refractivity contribution < 1.29 is 5.11 Å². The lowest BCUT2D eigenvalue weighted by molar-refractivity contribution is 0.391. The Morgan fingerprint density at radius 3 is 2.93 bits per heavy atom. The minimum absolute atomic E-state index is 0.351. The molecule has 0 bridgehead atoms. The van der Waals surface area contributed by atoms with Gasteiger partial charge in [0.2, 0.25) is 0 Å². The number of hydrogen-bond donors (Lipinski definition) is 2. The molecule has 2 N–H and O–H groups in total. The highest BCUT2D eigenvalue weighted by molar-refractivity contribution is 5.38. The Labute approximate surface area is 85.0 Å². The number of nitrogens with one attached hydrogen (secondary N) is 1. The van der Waals surface area contributed by atoms with E-state index in [1.54, 1.807) is 6.07 Å². The quantitative estimate of drug-likeness (QED) is 0.715. The number of hydrogen-bond acceptors (Lipinski definition) is 2. The van der Waals surface area contributed by atoms with E-state index >= 15 is 0 Å². The fourth-order valence-electron chi connectivity index (χ4n) is 2.07. The van der Waals surface area contributed by atoms with E-state index in [4.69, 9.17) is 0 Å². The first kappa shape index (κ1) is 9.53. The van der Waals surface area contributed by atoms with Crippen LogP contribution in [0.25, 0.3) is 0 Å². The maximum absolute atomic E-state index is 9.75. The van der Waals surface area contributed by atoms with Crippen molar-refractivity contribution in [2.24, 2.45) is 0 Å². The SMILES string of the molecule is Cc1ccc(O)c([C@H]2CCCCN2)c1. The first-order valence-corrected chi connectivity index (χ1v) is 5.30. The van der Waals surface area contributed by atoms with Crippen LogP contribution in [0.4, 0.5) is 0 Å². The summed E-state index contributed by atoms with van der Waals surface area (Å²) in [6.07, 6.45) is 3.64. The van der Waals surface area contributed by atoms with Gasteiger partial charge in [0.05, 0.1) is 0 Å². The molecule has 1 aliphatic rings. The Kier molecular flexibility index (Phi) is 2.73. The molecule has 0 unspecified atom stereocenters. The molecule has 2 nitrogen and oxygen atoms in total. The van der Waals surface area contributed by atoms with Gasteiger partial charge in [0.1, 0.15) is 5.75 Å². The van der Waals surface area contributed by atoms with Gasteiger partial charge in [0, 0.05) is 11.6 Å². The van der Waals surface area contributed by atoms with Gasteiger partial charge < -0.3 is 10.4 Å². The molecular weight excluding hydrogens is 174 g/mol. The molecule has 1 heterocycles. The molecule has 2 heteroatoms. The van der Waals surface area contributed by atoms with Gasteiger partial charge in [-0.1, -0.05) is 24.1 Å². The van der Waals surface area contributed by atoms with Crippen molar-refractivity contribution in [3.8, 4) is 5.75 Å². The van der Waals surface area contributed by atoms with E-state index in [-0.39, 0.29) is 0 Å². The first-order valence-electron chi connectivity index (χ1n) is 5.30. The molecule has 76 valence electrons. The van der Waals surface area contributed by atoms with Crippen LogP contribution in [0.15, 0.2) is 18.2 Å². The second-order valence-electron chi connectivity index (χ2n) is 4.06. The molecule has 0 aliphatic carbocycles. The number of aromatic hydroxyl groups is 1. The summed E-state index contributed by atoms with van der Waals surface area (Å²) >= 11 is 0. The van der Waals surface area contributed by atoms with Crippen LogP contribution in [-0.4, -0.2) is 11.7 Å². The van der Waals surface area contributed by atoms with Crippen molar-refractivity contribution in [1.82, 2.24) is 5.32 Å². The van der Waals surface area contributed by atoms with E-state index in [2.05, 4.69) is 18.3 Å². The summed E-state index contributed by atoms with van der Waals surface area (Å²) in [7, 11) is 0. The molecule has 0 radical (unpaired) electrons. The van der Waals surface area contributed by atoms with Crippen molar-refractivity contribution in [3.63, 3.8) is 0 Å². The van der Waals surface area contributed by atoms with Gasteiger partial charge in [0.25, 0.3) is 0 Å². The predicted octanol–water partition coefficient (Wildman–Crippen LogP) is 2.52.